The first-order chi connectivity index (χ1) is 10.4. The molecule has 1 aromatic carbocycles. The second-order valence-electron chi connectivity index (χ2n) is 7.30. The highest BCUT2D eigenvalue weighted by molar-refractivity contribution is 6.26. The summed E-state index contributed by atoms with van der Waals surface area (Å²) >= 11 is 0. The van der Waals surface area contributed by atoms with Gasteiger partial charge in [-0.3, -0.25) is 4.79 Å². The van der Waals surface area contributed by atoms with Crippen LogP contribution in [0.25, 0.3) is 5.57 Å². The molecule has 0 aromatic heterocycles. The van der Waals surface area contributed by atoms with Gasteiger partial charge in [0.05, 0.1) is 29.6 Å². The summed E-state index contributed by atoms with van der Waals surface area (Å²) in [6.07, 6.45) is 0.926. The van der Waals surface area contributed by atoms with Gasteiger partial charge in [0.1, 0.15) is 5.76 Å². The number of hydrogen-bond donors (Lipinski definition) is 1. The van der Waals surface area contributed by atoms with Gasteiger partial charge in [0, 0.05) is 0 Å². The average Bonchev–Trinajstić information content (AvgIpc) is 3.03. The van der Waals surface area contributed by atoms with Crippen molar-refractivity contribution in [2.24, 2.45) is 17.8 Å². The van der Waals surface area contributed by atoms with Crippen LogP contribution in [0.3, 0.4) is 0 Å². The number of hydrogen-bond acceptors (Lipinski definition) is 3. The third kappa shape index (κ3) is 1.63. The maximum atomic E-state index is 13.0. The highest BCUT2D eigenvalue weighted by atomic mass is 16.5. The minimum Gasteiger partial charge on any atom is -0.511 e. The molecule has 5 atom stereocenters. The fourth-order valence-corrected chi connectivity index (χ4v) is 4.94. The summed E-state index contributed by atoms with van der Waals surface area (Å²) in [4.78, 5) is 13.0. The summed E-state index contributed by atoms with van der Waals surface area (Å²) in [6.45, 7) is 8.24. The number of ether oxygens (including phenoxy) is 1. The molecule has 22 heavy (non-hydrogen) atoms. The number of aliphatic hydroxyl groups is 1. The summed E-state index contributed by atoms with van der Waals surface area (Å²) in [7, 11) is 0. The molecule has 2 aliphatic heterocycles. The molecule has 1 N–H and O–H groups in total. The van der Waals surface area contributed by atoms with E-state index < -0.39 is 0 Å². The number of aliphatic hydroxyl groups excluding tert-OH is 1. The zero-order valence-corrected chi connectivity index (χ0v) is 13.5. The molecular formula is C19H22O3. The second-order valence-corrected chi connectivity index (χ2v) is 7.30. The van der Waals surface area contributed by atoms with Crippen LogP contribution in [0.15, 0.2) is 17.9 Å². The van der Waals surface area contributed by atoms with Crippen molar-refractivity contribution in [1.82, 2.24) is 0 Å². The van der Waals surface area contributed by atoms with Gasteiger partial charge in [0.2, 0.25) is 0 Å². The molecule has 1 aromatic rings. The fraction of sp³-hybridized carbons (Fsp3) is 0.526. The molecule has 2 saturated heterocycles. The SMILES string of the molecule is Cc1cc(C)c(C2=C(O)[C@@H]3[C@@H]4O[C@@H](C[C@H]4C)[C@@H]3C2=O)c(C)c1. The molecule has 3 heteroatoms. The lowest BCUT2D eigenvalue weighted by Crippen LogP contribution is -2.33. The number of aryl methyl sites for hydroxylation is 3. The second kappa shape index (κ2) is 4.45. The van der Waals surface area contributed by atoms with Crippen LogP contribution in [0.4, 0.5) is 0 Å². The largest absolute Gasteiger partial charge is 0.511 e. The Morgan fingerprint density at radius 2 is 1.77 bits per heavy atom. The molecule has 0 amide bonds. The number of rotatable bonds is 1. The van der Waals surface area contributed by atoms with Crippen molar-refractivity contribution >= 4 is 11.4 Å². The molecule has 116 valence electrons. The number of Topliss-reactive ketones (excluding diaryl/α,β-unsaturated/α-hetero) is 1. The van der Waals surface area contributed by atoms with Gasteiger partial charge in [0.25, 0.3) is 0 Å². The Labute approximate surface area is 131 Å². The first kappa shape index (κ1) is 14.0. The predicted molar refractivity (Wildman–Crippen MR) is 84.6 cm³/mol. The van der Waals surface area contributed by atoms with Crippen LogP contribution in [0, 0.1) is 38.5 Å². The first-order valence-corrected chi connectivity index (χ1v) is 8.11. The topological polar surface area (TPSA) is 46.5 Å². The lowest BCUT2D eigenvalue weighted by atomic mass is 9.75. The smallest absolute Gasteiger partial charge is 0.173 e. The number of ketones is 1. The minimum atomic E-state index is -0.170. The van der Waals surface area contributed by atoms with Crippen LogP contribution in [0.1, 0.15) is 35.6 Å². The zero-order chi connectivity index (χ0) is 15.8. The van der Waals surface area contributed by atoms with E-state index in [1.54, 1.807) is 0 Å². The van der Waals surface area contributed by atoms with Gasteiger partial charge in [-0.1, -0.05) is 24.6 Å². The molecule has 3 aliphatic rings. The minimum absolute atomic E-state index is 0.00232. The highest BCUT2D eigenvalue weighted by Crippen LogP contribution is 2.55. The molecule has 3 nitrogen and oxygen atoms in total. The quantitative estimate of drug-likeness (QED) is 0.863. The van der Waals surface area contributed by atoms with Crippen LogP contribution in [0.2, 0.25) is 0 Å². The van der Waals surface area contributed by atoms with Crippen LogP contribution >= 0.6 is 0 Å². The molecule has 2 bridgehead atoms. The molecule has 2 fully saturated rings. The van der Waals surface area contributed by atoms with E-state index in [0.717, 1.165) is 23.1 Å². The van der Waals surface area contributed by atoms with E-state index in [9.17, 15) is 9.90 Å². The number of benzene rings is 1. The molecule has 2 heterocycles. The van der Waals surface area contributed by atoms with Gasteiger partial charge >= 0.3 is 0 Å². The van der Waals surface area contributed by atoms with Gasteiger partial charge in [-0.05, 0) is 49.8 Å². The average molecular weight is 298 g/mol. The standard InChI is InChI=1S/C19H22O3/c1-8-5-9(2)13(10(3)6-8)15-17(20)14-12-7-11(4)19(22-12)16(14)18(15)21/h5-6,11-12,14,16,19,21H,7H2,1-4H3/t11-,12+,14+,16-,19-/m1/s1. The van der Waals surface area contributed by atoms with Gasteiger partial charge in [-0.15, -0.1) is 0 Å². The van der Waals surface area contributed by atoms with Crippen molar-refractivity contribution in [2.45, 2.75) is 46.3 Å². The van der Waals surface area contributed by atoms with E-state index in [4.69, 9.17) is 4.74 Å². The van der Waals surface area contributed by atoms with E-state index in [1.807, 2.05) is 13.8 Å². The third-order valence-electron chi connectivity index (χ3n) is 5.69. The summed E-state index contributed by atoms with van der Waals surface area (Å²) in [5, 5.41) is 10.8. The molecule has 0 unspecified atom stereocenters. The Hall–Kier alpha value is -1.61. The first-order valence-electron chi connectivity index (χ1n) is 8.11. The zero-order valence-electron chi connectivity index (χ0n) is 13.5. The fourth-order valence-electron chi connectivity index (χ4n) is 4.94. The molecular weight excluding hydrogens is 276 g/mol. The van der Waals surface area contributed by atoms with E-state index in [-0.39, 0.29) is 35.6 Å². The lowest BCUT2D eigenvalue weighted by Gasteiger charge is -2.24. The molecule has 0 spiro atoms. The summed E-state index contributed by atoms with van der Waals surface area (Å²) < 4.78 is 5.94. The third-order valence-corrected chi connectivity index (χ3v) is 5.69. The molecule has 0 radical (unpaired) electrons. The Morgan fingerprint density at radius 1 is 1.14 bits per heavy atom. The van der Waals surface area contributed by atoms with Gasteiger partial charge < -0.3 is 9.84 Å². The van der Waals surface area contributed by atoms with E-state index in [2.05, 4.69) is 26.0 Å². The van der Waals surface area contributed by atoms with Crippen molar-refractivity contribution in [2.75, 3.05) is 0 Å². The van der Waals surface area contributed by atoms with Crippen molar-refractivity contribution < 1.29 is 14.6 Å². The van der Waals surface area contributed by atoms with E-state index >= 15 is 0 Å². The van der Waals surface area contributed by atoms with Crippen molar-refractivity contribution in [3.05, 3.63) is 40.1 Å². The monoisotopic (exact) mass is 298 g/mol. The Kier molecular flexibility index (Phi) is 2.83. The van der Waals surface area contributed by atoms with E-state index in [0.29, 0.717) is 11.5 Å². The molecule has 0 saturated carbocycles. The van der Waals surface area contributed by atoms with Crippen LogP contribution in [-0.2, 0) is 9.53 Å². The van der Waals surface area contributed by atoms with Crippen molar-refractivity contribution in [1.29, 1.82) is 0 Å². The molecule has 1 aliphatic carbocycles. The Bertz CT molecular complexity index is 692. The lowest BCUT2D eigenvalue weighted by molar-refractivity contribution is -0.118. The molecule has 4 rings (SSSR count). The van der Waals surface area contributed by atoms with Crippen LogP contribution < -0.4 is 0 Å². The highest BCUT2D eigenvalue weighted by Gasteiger charge is 2.61. The van der Waals surface area contributed by atoms with Gasteiger partial charge in [0.15, 0.2) is 5.78 Å². The number of allylic oxidation sites excluding steroid dienone is 1. The summed E-state index contributed by atoms with van der Waals surface area (Å²) in [5.41, 5.74) is 4.79. The Morgan fingerprint density at radius 3 is 2.41 bits per heavy atom. The van der Waals surface area contributed by atoms with Crippen LogP contribution in [-0.4, -0.2) is 23.1 Å². The van der Waals surface area contributed by atoms with Crippen molar-refractivity contribution in [3.8, 4) is 0 Å². The maximum Gasteiger partial charge on any atom is 0.173 e. The normalized spacial score (nSPS) is 36.4. The Balaban J connectivity index is 1.87. The number of fused-ring (bicyclic) bond motifs is 5. The predicted octanol–water partition coefficient (Wildman–Crippen LogP) is 3.50. The van der Waals surface area contributed by atoms with E-state index in [1.165, 1.54) is 5.56 Å². The summed E-state index contributed by atoms with van der Waals surface area (Å²) in [5.74, 6) is 0.467. The van der Waals surface area contributed by atoms with Gasteiger partial charge in [-0.2, -0.15) is 0 Å². The van der Waals surface area contributed by atoms with Crippen LogP contribution in [0.5, 0.6) is 0 Å². The number of carbonyl (C=O) groups excluding carboxylic acids is 1. The number of carbonyl (C=O) groups is 1. The summed E-state index contributed by atoms with van der Waals surface area (Å²) in [6, 6.07) is 4.16. The van der Waals surface area contributed by atoms with Crippen molar-refractivity contribution in [3.63, 3.8) is 0 Å². The van der Waals surface area contributed by atoms with Gasteiger partial charge in [-0.25, -0.2) is 0 Å². The maximum absolute atomic E-state index is 13.0.